The van der Waals surface area contributed by atoms with Gasteiger partial charge in [0.15, 0.2) is 5.11 Å². The zero-order chi connectivity index (χ0) is 19.7. The molecular formula is C21H19BrFN3OS. The molecule has 1 aromatic carbocycles. The molecule has 0 radical (unpaired) electrons. The minimum absolute atomic E-state index is 0.131. The van der Waals surface area contributed by atoms with Crippen molar-refractivity contribution in [1.29, 1.82) is 0 Å². The normalized spacial score (nSPS) is 19.1. The smallest absolute Gasteiger partial charge is 0.170 e. The van der Waals surface area contributed by atoms with Crippen LogP contribution in [0.2, 0.25) is 0 Å². The van der Waals surface area contributed by atoms with Crippen LogP contribution in [-0.2, 0) is 0 Å². The molecule has 28 heavy (non-hydrogen) atoms. The van der Waals surface area contributed by atoms with Crippen LogP contribution >= 0.6 is 28.1 Å². The van der Waals surface area contributed by atoms with Gasteiger partial charge in [0.25, 0.3) is 0 Å². The monoisotopic (exact) mass is 459 g/mol. The highest BCUT2D eigenvalue weighted by Gasteiger charge is 2.41. The second kappa shape index (κ2) is 8.01. The number of hydrogen-bond donors (Lipinski definition) is 1. The van der Waals surface area contributed by atoms with Gasteiger partial charge in [-0.25, -0.2) is 4.39 Å². The Balaban J connectivity index is 1.73. The van der Waals surface area contributed by atoms with Crippen molar-refractivity contribution in [3.63, 3.8) is 0 Å². The predicted octanol–water partition coefficient (Wildman–Crippen LogP) is 5.63. The van der Waals surface area contributed by atoms with E-state index in [1.165, 1.54) is 6.07 Å². The van der Waals surface area contributed by atoms with Crippen molar-refractivity contribution in [3.05, 3.63) is 76.5 Å². The minimum Gasteiger partial charge on any atom is -0.459 e. The van der Waals surface area contributed by atoms with Crippen LogP contribution in [0, 0.1) is 5.82 Å². The number of rotatable bonds is 5. The van der Waals surface area contributed by atoms with Crippen LogP contribution in [0.15, 0.2) is 63.6 Å². The van der Waals surface area contributed by atoms with Gasteiger partial charge in [-0.3, -0.25) is 4.98 Å². The maximum Gasteiger partial charge on any atom is 0.170 e. The number of aromatic nitrogens is 1. The largest absolute Gasteiger partial charge is 0.459 e. The van der Waals surface area contributed by atoms with Gasteiger partial charge in [0.05, 0.1) is 17.3 Å². The quantitative estimate of drug-likeness (QED) is 0.501. The number of thiocarbonyl (C=S) groups is 1. The highest BCUT2D eigenvalue weighted by atomic mass is 79.9. The Morgan fingerprint density at radius 3 is 2.82 bits per heavy atom. The first-order valence-electron chi connectivity index (χ1n) is 9.11. The molecule has 0 spiro atoms. The third-order valence-corrected chi connectivity index (χ3v) is 5.62. The van der Waals surface area contributed by atoms with E-state index in [0.29, 0.717) is 20.9 Å². The predicted molar refractivity (Wildman–Crippen MR) is 114 cm³/mol. The molecule has 0 bridgehead atoms. The lowest BCUT2D eigenvalue weighted by molar-refractivity contribution is 0.275. The summed E-state index contributed by atoms with van der Waals surface area (Å²) in [5.41, 5.74) is 1.32. The summed E-state index contributed by atoms with van der Waals surface area (Å²) in [6.07, 6.45) is 2.71. The molecule has 4 rings (SSSR count). The van der Waals surface area contributed by atoms with Gasteiger partial charge < -0.3 is 14.6 Å². The van der Waals surface area contributed by atoms with Crippen molar-refractivity contribution in [2.45, 2.75) is 25.4 Å². The molecule has 1 saturated heterocycles. The maximum atomic E-state index is 14.4. The third-order valence-electron chi connectivity index (χ3n) is 4.78. The number of nitrogens with zero attached hydrogens (tertiary/aromatic N) is 2. The summed E-state index contributed by atoms with van der Waals surface area (Å²) < 4.78 is 21.2. The topological polar surface area (TPSA) is 41.3 Å². The standard InChI is InChI=1S/C21H19BrFN3OS/c1-2-11-26-20(19(25-21(26)28)16-5-3-4-10-24-16)18-9-8-17(27-18)14-7-6-13(22)12-15(14)23/h3-10,12,19-20H,2,11H2,1H3,(H,25,28)/t19-,20+/m0/s1. The molecule has 7 heteroatoms. The molecule has 4 nitrogen and oxygen atoms in total. The van der Waals surface area contributed by atoms with Gasteiger partial charge in [-0.2, -0.15) is 0 Å². The van der Waals surface area contributed by atoms with Crippen LogP contribution in [0.3, 0.4) is 0 Å². The summed E-state index contributed by atoms with van der Waals surface area (Å²) in [6.45, 7) is 2.90. The lowest BCUT2D eigenvalue weighted by atomic mass is 10.0. The first-order valence-corrected chi connectivity index (χ1v) is 10.3. The molecule has 0 saturated carbocycles. The van der Waals surface area contributed by atoms with E-state index in [0.717, 1.165) is 24.4 Å². The van der Waals surface area contributed by atoms with Crippen molar-refractivity contribution in [2.24, 2.45) is 0 Å². The zero-order valence-corrected chi connectivity index (χ0v) is 17.6. The fourth-order valence-corrected chi connectivity index (χ4v) is 4.21. The van der Waals surface area contributed by atoms with Crippen LogP contribution in [0.25, 0.3) is 11.3 Å². The molecule has 1 aliphatic heterocycles. The number of nitrogens with one attached hydrogen (secondary N) is 1. The highest BCUT2D eigenvalue weighted by molar-refractivity contribution is 9.10. The first-order chi connectivity index (χ1) is 13.6. The van der Waals surface area contributed by atoms with Crippen molar-refractivity contribution in [1.82, 2.24) is 15.2 Å². The Bertz CT molecular complexity index is 994. The Hall–Kier alpha value is -2.25. The minimum atomic E-state index is -0.331. The molecule has 0 aliphatic carbocycles. The fourth-order valence-electron chi connectivity index (χ4n) is 3.54. The van der Waals surface area contributed by atoms with Crippen molar-refractivity contribution in [2.75, 3.05) is 6.54 Å². The summed E-state index contributed by atoms with van der Waals surface area (Å²) in [7, 11) is 0. The van der Waals surface area contributed by atoms with Crippen LogP contribution in [0.1, 0.15) is 36.9 Å². The zero-order valence-electron chi connectivity index (χ0n) is 15.2. The molecular weight excluding hydrogens is 441 g/mol. The van der Waals surface area contributed by atoms with Crippen LogP contribution in [-0.4, -0.2) is 21.5 Å². The Morgan fingerprint density at radius 1 is 1.25 bits per heavy atom. The summed E-state index contributed by atoms with van der Waals surface area (Å²) in [6, 6.07) is 14.2. The summed E-state index contributed by atoms with van der Waals surface area (Å²) in [4.78, 5) is 6.62. The van der Waals surface area contributed by atoms with Gasteiger partial charge in [-0.15, -0.1) is 0 Å². The summed E-state index contributed by atoms with van der Waals surface area (Å²) in [5, 5.41) is 4.05. The summed E-state index contributed by atoms with van der Waals surface area (Å²) >= 11 is 8.86. The molecule has 0 unspecified atom stereocenters. The van der Waals surface area contributed by atoms with Crippen LogP contribution in [0.4, 0.5) is 4.39 Å². The maximum absolute atomic E-state index is 14.4. The Labute approximate surface area is 176 Å². The van der Waals surface area contributed by atoms with Crippen molar-refractivity contribution >= 4 is 33.3 Å². The van der Waals surface area contributed by atoms with Gasteiger partial charge in [0.1, 0.15) is 23.4 Å². The SMILES string of the molecule is CCCN1C(=S)N[C@@H](c2ccccn2)[C@H]1c1ccc(-c2ccc(Br)cc2F)o1. The van der Waals surface area contributed by atoms with E-state index >= 15 is 0 Å². The van der Waals surface area contributed by atoms with Crippen LogP contribution < -0.4 is 5.32 Å². The van der Waals surface area contributed by atoms with Gasteiger partial charge in [0.2, 0.25) is 0 Å². The van der Waals surface area contributed by atoms with Gasteiger partial charge in [0, 0.05) is 17.2 Å². The summed E-state index contributed by atoms with van der Waals surface area (Å²) in [5.74, 6) is 0.893. The molecule has 1 fully saturated rings. The lowest BCUT2D eigenvalue weighted by Crippen LogP contribution is -2.30. The molecule has 2 atom stereocenters. The van der Waals surface area contributed by atoms with Crippen molar-refractivity contribution < 1.29 is 8.81 Å². The average molecular weight is 460 g/mol. The van der Waals surface area contributed by atoms with Crippen LogP contribution in [0.5, 0.6) is 0 Å². The number of benzene rings is 1. The number of hydrogen-bond acceptors (Lipinski definition) is 3. The van der Waals surface area contributed by atoms with E-state index in [4.69, 9.17) is 16.6 Å². The van der Waals surface area contributed by atoms with Gasteiger partial charge in [-0.05, 0) is 61.1 Å². The van der Waals surface area contributed by atoms with E-state index in [1.807, 2.05) is 30.3 Å². The molecule has 3 heterocycles. The lowest BCUT2D eigenvalue weighted by Gasteiger charge is -2.25. The Morgan fingerprint density at radius 2 is 2.11 bits per heavy atom. The highest BCUT2D eigenvalue weighted by Crippen LogP contribution is 2.40. The number of halogens is 2. The average Bonchev–Trinajstić information content (AvgIpc) is 3.28. The molecule has 1 N–H and O–H groups in total. The third kappa shape index (κ3) is 3.56. The molecule has 144 valence electrons. The van der Waals surface area contributed by atoms with Crippen molar-refractivity contribution in [3.8, 4) is 11.3 Å². The Kier molecular flexibility index (Phi) is 5.46. The van der Waals surface area contributed by atoms with Gasteiger partial charge in [-0.1, -0.05) is 28.9 Å². The van der Waals surface area contributed by atoms with E-state index in [-0.39, 0.29) is 17.9 Å². The first kappa shape index (κ1) is 19.1. The van der Waals surface area contributed by atoms with E-state index in [9.17, 15) is 4.39 Å². The molecule has 3 aromatic rings. The van der Waals surface area contributed by atoms with Gasteiger partial charge >= 0.3 is 0 Å². The molecule has 2 aromatic heterocycles. The fraction of sp³-hybridized carbons (Fsp3) is 0.238. The number of pyridine rings is 1. The van der Waals surface area contributed by atoms with E-state index in [2.05, 4.69) is 38.1 Å². The van der Waals surface area contributed by atoms with E-state index in [1.54, 1.807) is 18.3 Å². The second-order valence-corrected chi connectivity index (χ2v) is 7.95. The van der Waals surface area contributed by atoms with E-state index < -0.39 is 0 Å². The number of furan rings is 1. The second-order valence-electron chi connectivity index (χ2n) is 6.65. The molecule has 1 aliphatic rings. The molecule has 0 amide bonds.